The summed E-state index contributed by atoms with van der Waals surface area (Å²) in [6.45, 7) is 1.15. The summed E-state index contributed by atoms with van der Waals surface area (Å²) in [5.41, 5.74) is 0.426. The molecule has 0 aromatic heterocycles. The van der Waals surface area contributed by atoms with E-state index in [-0.39, 0.29) is 22.6 Å². The monoisotopic (exact) mass is 431 g/mol. The first-order chi connectivity index (χ1) is 13.2. The van der Waals surface area contributed by atoms with Gasteiger partial charge in [0.05, 0.1) is 17.3 Å². The molecule has 0 bridgehead atoms. The van der Waals surface area contributed by atoms with Gasteiger partial charge in [0.1, 0.15) is 0 Å². The minimum Gasteiger partial charge on any atom is -0.453 e. The number of anilines is 1. The highest BCUT2D eigenvalue weighted by atomic mass is 32.2. The van der Waals surface area contributed by atoms with Gasteiger partial charge in [-0.05, 0) is 55.9 Å². The smallest absolute Gasteiger partial charge is 0.411 e. The van der Waals surface area contributed by atoms with Crippen LogP contribution in [0.2, 0.25) is 0 Å². The molecule has 3 rings (SSSR count). The van der Waals surface area contributed by atoms with Crippen molar-refractivity contribution in [2.24, 2.45) is 5.92 Å². The van der Waals surface area contributed by atoms with Crippen molar-refractivity contribution in [1.29, 1.82) is 0 Å². The zero-order valence-electron chi connectivity index (χ0n) is 15.6. The summed E-state index contributed by atoms with van der Waals surface area (Å²) in [5.74, 6) is 0.0979. The van der Waals surface area contributed by atoms with E-state index in [9.17, 15) is 21.6 Å². The van der Waals surface area contributed by atoms with Crippen LogP contribution < -0.4 is 10.0 Å². The molecule has 2 fully saturated rings. The number of hydrogen-bond donors (Lipinski definition) is 2. The third kappa shape index (κ3) is 5.02. The number of rotatable bonds is 7. The Morgan fingerprint density at radius 3 is 2.21 bits per heavy atom. The molecule has 156 valence electrons. The Labute approximate surface area is 165 Å². The lowest BCUT2D eigenvalue weighted by Crippen LogP contribution is -2.42. The van der Waals surface area contributed by atoms with Gasteiger partial charge in [0.25, 0.3) is 0 Å². The van der Waals surface area contributed by atoms with Crippen LogP contribution in [0.4, 0.5) is 10.5 Å². The van der Waals surface area contributed by atoms with Gasteiger partial charge in [0, 0.05) is 25.3 Å². The predicted molar refractivity (Wildman–Crippen MR) is 104 cm³/mol. The van der Waals surface area contributed by atoms with Crippen molar-refractivity contribution >= 4 is 31.8 Å². The normalized spacial score (nSPS) is 19.3. The fourth-order valence-corrected chi connectivity index (χ4v) is 6.13. The number of carbonyl (C=O) groups is 1. The van der Waals surface area contributed by atoms with E-state index in [2.05, 4.69) is 14.8 Å². The Morgan fingerprint density at radius 2 is 1.68 bits per heavy atom. The summed E-state index contributed by atoms with van der Waals surface area (Å²) in [7, 11) is -5.60. The van der Waals surface area contributed by atoms with Gasteiger partial charge in [0.2, 0.25) is 20.0 Å². The zero-order chi connectivity index (χ0) is 20.4. The summed E-state index contributed by atoms with van der Waals surface area (Å²) in [6.07, 6.45) is 2.13. The molecule has 9 nitrogen and oxygen atoms in total. The molecule has 11 heteroatoms. The molecule has 1 amide bonds. The lowest BCUT2D eigenvalue weighted by Gasteiger charge is -2.31. The number of piperidine rings is 1. The van der Waals surface area contributed by atoms with Crippen molar-refractivity contribution in [3.63, 3.8) is 0 Å². The predicted octanol–water partition coefficient (Wildman–Crippen LogP) is 1.35. The molecule has 0 spiro atoms. The first-order valence-corrected chi connectivity index (χ1v) is 12.1. The third-order valence-electron chi connectivity index (χ3n) is 5.04. The minimum absolute atomic E-state index is 0.0941. The molecule has 1 aliphatic heterocycles. The molecular weight excluding hydrogens is 406 g/mol. The lowest BCUT2D eigenvalue weighted by atomic mass is 9.99. The fraction of sp³-hybridized carbons (Fsp3) is 0.588. The Balaban J connectivity index is 1.50. The minimum atomic E-state index is -3.68. The summed E-state index contributed by atoms with van der Waals surface area (Å²) < 4.78 is 58.0. The van der Waals surface area contributed by atoms with E-state index in [1.54, 1.807) is 4.31 Å². The molecule has 1 aromatic carbocycles. The van der Waals surface area contributed by atoms with Crippen LogP contribution in [-0.4, -0.2) is 59.2 Å². The number of ether oxygens (including phenoxy) is 1. The topological polar surface area (TPSA) is 122 Å². The Bertz CT molecular complexity index is 903. The van der Waals surface area contributed by atoms with Crippen molar-refractivity contribution in [3.8, 4) is 0 Å². The van der Waals surface area contributed by atoms with Crippen LogP contribution in [-0.2, 0) is 24.8 Å². The summed E-state index contributed by atoms with van der Waals surface area (Å²) >= 11 is 0. The number of nitrogens with one attached hydrogen (secondary N) is 2. The summed E-state index contributed by atoms with van der Waals surface area (Å²) in [4.78, 5) is 11.3. The van der Waals surface area contributed by atoms with Gasteiger partial charge in [-0.3, -0.25) is 5.32 Å². The van der Waals surface area contributed by atoms with Crippen molar-refractivity contribution in [1.82, 2.24) is 9.03 Å². The van der Waals surface area contributed by atoms with Crippen molar-refractivity contribution in [2.75, 3.05) is 32.1 Å². The van der Waals surface area contributed by atoms with Crippen molar-refractivity contribution in [3.05, 3.63) is 24.3 Å². The second-order valence-corrected chi connectivity index (χ2v) is 11.1. The molecule has 2 aliphatic rings. The van der Waals surface area contributed by atoms with Gasteiger partial charge >= 0.3 is 6.09 Å². The molecule has 1 saturated heterocycles. The average molecular weight is 432 g/mol. The summed E-state index contributed by atoms with van der Waals surface area (Å²) in [6, 6.07) is 5.76. The number of benzene rings is 1. The van der Waals surface area contributed by atoms with E-state index in [1.807, 2.05) is 0 Å². The molecule has 2 N–H and O–H groups in total. The lowest BCUT2D eigenvalue weighted by molar-refractivity contribution is 0.187. The molecule has 0 unspecified atom stereocenters. The molecule has 1 aliphatic carbocycles. The largest absolute Gasteiger partial charge is 0.453 e. The highest BCUT2D eigenvalue weighted by Crippen LogP contribution is 2.33. The molecule has 1 heterocycles. The zero-order valence-corrected chi connectivity index (χ0v) is 17.3. The van der Waals surface area contributed by atoms with E-state index in [0.717, 1.165) is 12.8 Å². The standard InChI is InChI=1S/C17H25N3O6S2/c1-26-17(21)19-14-2-4-15(5-3-14)27(22,23)18-12-13-8-10-20(11-9-13)28(24,25)16-6-7-16/h2-5,13,16,18H,6-12H2,1H3,(H,19,21). The van der Waals surface area contributed by atoms with Crippen LogP contribution in [0, 0.1) is 5.92 Å². The van der Waals surface area contributed by atoms with Crippen molar-refractivity contribution < 1.29 is 26.4 Å². The second kappa shape index (κ2) is 8.36. The Morgan fingerprint density at radius 1 is 1.07 bits per heavy atom. The maximum absolute atomic E-state index is 12.5. The van der Waals surface area contributed by atoms with Gasteiger partial charge < -0.3 is 4.74 Å². The van der Waals surface area contributed by atoms with E-state index >= 15 is 0 Å². The number of nitrogens with zero attached hydrogens (tertiary/aromatic N) is 1. The fourth-order valence-electron chi connectivity index (χ4n) is 3.14. The third-order valence-corrected chi connectivity index (χ3v) is 8.88. The maximum atomic E-state index is 12.5. The van der Waals surface area contributed by atoms with Gasteiger partial charge in [-0.25, -0.2) is 30.7 Å². The molecule has 0 radical (unpaired) electrons. The van der Waals surface area contributed by atoms with E-state index in [1.165, 1.54) is 31.4 Å². The van der Waals surface area contributed by atoms with Crippen LogP contribution >= 0.6 is 0 Å². The van der Waals surface area contributed by atoms with Gasteiger partial charge in [0.15, 0.2) is 0 Å². The van der Waals surface area contributed by atoms with Crippen LogP contribution in [0.3, 0.4) is 0 Å². The average Bonchev–Trinajstić information content (AvgIpc) is 3.53. The molecule has 1 aromatic rings. The molecule has 1 saturated carbocycles. The van der Waals surface area contributed by atoms with E-state index in [0.29, 0.717) is 31.6 Å². The molecular formula is C17H25N3O6S2. The highest BCUT2D eigenvalue weighted by molar-refractivity contribution is 7.90. The van der Waals surface area contributed by atoms with Gasteiger partial charge in [-0.2, -0.15) is 0 Å². The Kier molecular flexibility index (Phi) is 6.28. The molecule has 0 atom stereocenters. The van der Waals surface area contributed by atoms with Crippen molar-refractivity contribution in [2.45, 2.75) is 35.8 Å². The summed E-state index contributed by atoms with van der Waals surface area (Å²) in [5, 5.41) is 2.24. The SMILES string of the molecule is COC(=O)Nc1ccc(S(=O)(=O)NCC2CCN(S(=O)(=O)C3CC3)CC2)cc1. The first kappa shape index (κ1) is 21.0. The number of hydrogen-bond acceptors (Lipinski definition) is 6. The van der Waals surface area contributed by atoms with Crippen LogP contribution in [0.5, 0.6) is 0 Å². The van der Waals surface area contributed by atoms with Crippen LogP contribution in [0.25, 0.3) is 0 Å². The van der Waals surface area contributed by atoms with Crippen LogP contribution in [0.15, 0.2) is 29.2 Å². The number of methoxy groups -OCH3 is 1. The maximum Gasteiger partial charge on any atom is 0.411 e. The van der Waals surface area contributed by atoms with Gasteiger partial charge in [-0.1, -0.05) is 0 Å². The molecule has 28 heavy (non-hydrogen) atoms. The first-order valence-electron chi connectivity index (χ1n) is 9.16. The van der Waals surface area contributed by atoms with E-state index < -0.39 is 26.1 Å². The van der Waals surface area contributed by atoms with Gasteiger partial charge in [-0.15, -0.1) is 0 Å². The Hall–Kier alpha value is -1.69. The van der Waals surface area contributed by atoms with Crippen LogP contribution in [0.1, 0.15) is 25.7 Å². The van der Waals surface area contributed by atoms with E-state index in [4.69, 9.17) is 0 Å². The quantitative estimate of drug-likeness (QED) is 0.672. The number of carbonyl (C=O) groups excluding carboxylic acids is 1. The second-order valence-electron chi connectivity index (χ2n) is 7.08. The number of amides is 1. The highest BCUT2D eigenvalue weighted by Gasteiger charge is 2.41. The number of sulfonamides is 2.